The number of thiophene rings is 1. The number of carbonyl (C=O) groups is 1. The van der Waals surface area contributed by atoms with Crippen molar-refractivity contribution >= 4 is 17.1 Å². The van der Waals surface area contributed by atoms with Gasteiger partial charge in [-0.2, -0.15) is 5.26 Å². The molecule has 1 unspecified atom stereocenters. The van der Waals surface area contributed by atoms with E-state index in [0.717, 1.165) is 28.8 Å². The molecule has 1 heterocycles. The van der Waals surface area contributed by atoms with Crippen LogP contribution in [0, 0.1) is 18.3 Å². The summed E-state index contributed by atoms with van der Waals surface area (Å²) in [7, 11) is 0. The van der Waals surface area contributed by atoms with Crippen LogP contribution in [0.3, 0.4) is 0 Å². The Morgan fingerprint density at radius 2 is 2.10 bits per heavy atom. The van der Waals surface area contributed by atoms with Gasteiger partial charge in [0.2, 0.25) is 0 Å². The van der Waals surface area contributed by atoms with Gasteiger partial charge in [0.05, 0.1) is 10.9 Å². The Hall–Kier alpha value is -1.92. The Morgan fingerprint density at radius 1 is 1.29 bits per heavy atom. The maximum Gasteiger partial charge on any atom is 0.194 e. The molecule has 3 rings (SSSR count). The van der Waals surface area contributed by atoms with Crippen molar-refractivity contribution in [3.05, 3.63) is 56.8 Å². The van der Waals surface area contributed by atoms with Crippen molar-refractivity contribution in [3.63, 3.8) is 0 Å². The van der Waals surface area contributed by atoms with Gasteiger partial charge >= 0.3 is 0 Å². The number of carbonyl (C=O) groups excluding carboxylic acids is 1. The molecule has 0 saturated carbocycles. The average molecular weight is 295 g/mol. The molecule has 0 fully saturated rings. The van der Waals surface area contributed by atoms with Gasteiger partial charge < -0.3 is 0 Å². The quantitative estimate of drug-likeness (QED) is 0.786. The summed E-state index contributed by atoms with van der Waals surface area (Å²) < 4.78 is 0. The molecular weight excluding hydrogens is 278 g/mol. The van der Waals surface area contributed by atoms with Crippen molar-refractivity contribution in [1.29, 1.82) is 5.26 Å². The molecule has 0 saturated heterocycles. The molecule has 1 aliphatic rings. The molecule has 0 aliphatic heterocycles. The Labute approximate surface area is 129 Å². The molecule has 0 N–H and O–H groups in total. The maximum atomic E-state index is 12.7. The number of aryl methyl sites for hydroxylation is 3. The standard InChI is InChI=1S/C18H17NOS/c1-12-5-4-7-13(9-12)15(11-19)18(20)17-10-14-6-2-3-8-16(14)21-17/h4-5,7,9-10,15H,2-3,6,8H2,1H3. The van der Waals surface area contributed by atoms with Crippen LogP contribution >= 0.6 is 11.3 Å². The second kappa shape index (κ2) is 5.83. The van der Waals surface area contributed by atoms with Crippen LogP contribution in [0.15, 0.2) is 30.3 Å². The lowest BCUT2D eigenvalue weighted by molar-refractivity contribution is 0.0982. The number of hydrogen-bond acceptors (Lipinski definition) is 3. The third-order valence-electron chi connectivity index (χ3n) is 4.01. The van der Waals surface area contributed by atoms with Crippen LogP contribution in [0.1, 0.15) is 50.0 Å². The number of Topliss-reactive ketones (excluding diaryl/α,β-unsaturated/α-hetero) is 1. The monoisotopic (exact) mass is 295 g/mol. The Bertz CT molecular complexity index is 700. The second-order valence-electron chi connectivity index (χ2n) is 5.61. The Balaban J connectivity index is 1.92. The van der Waals surface area contributed by atoms with Gasteiger partial charge in [-0.25, -0.2) is 0 Å². The number of benzene rings is 1. The zero-order valence-electron chi connectivity index (χ0n) is 12.1. The lowest BCUT2D eigenvalue weighted by Crippen LogP contribution is -2.10. The predicted molar refractivity (Wildman–Crippen MR) is 84.8 cm³/mol. The van der Waals surface area contributed by atoms with E-state index in [1.165, 1.54) is 23.3 Å². The van der Waals surface area contributed by atoms with E-state index in [9.17, 15) is 10.1 Å². The molecule has 2 nitrogen and oxygen atoms in total. The molecule has 1 atom stereocenters. The second-order valence-corrected chi connectivity index (χ2v) is 6.74. The average Bonchev–Trinajstić information content (AvgIpc) is 2.92. The lowest BCUT2D eigenvalue weighted by Gasteiger charge is -2.08. The highest BCUT2D eigenvalue weighted by Crippen LogP contribution is 2.32. The van der Waals surface area contributed by atoms with Crippen LogP contribution in [0.25, 0.3) is 0 Å². The molecular formula is C18H17NOS. The SMILES string of the molecule is Cc1cccc(C(C#N)C(=O)c2cc3c(s2)CCCC3)c1. The third-order valence-corrected chi connectivity index (χ3v) is 5.26. The number of nitriles is 1. The van der Waals surface area contributed by atoms with Crippen molar-refractivity contribution < 1.29 is 4.79 Å². The first-order valence-corrected chi connectivity index (χ1v) is 8.12. The zero-order chi connectivity index (χ0) is 14.8. The van der Waals surface area contributed by atoms with Crippen LogP contribution in [0.5, 0.6) is 0 Å². The van der Waals surface area contributed by atoms with Gasteiger partial charge in [-0.05, 0) is 49.8 Å². The summed E-state index contributed by atoms with van der Waals surface area (Å²) in [6.45, 7) is 1.98. The highest BCUT2D eigenvalue weighted by Gasteiger charge is 2.25. The number of nitrogens with zero attached hydrogens (tertiary/aromatic N) is 1. The van der Waals surface area contributed by atoms with E-state index >= 15 is 0 Å². The molecule has 1 aliphatic carbocycles. The molecule has 1 aromatic heterocycles. The molecule has 21 heavy (non-hydrogen) atoms. The number of hydrogen-bond donors (Lipinski definition) is 0. The van der Waals surface area contributed by atoms with Crippen LogP contribution in [0.4, 0.5) is 0 Å². The fraction of sp³-hybridized carbons (Fsp3) is 0.333. The number of rotatable bonds is 3. The molecule has 0 spiro atoms. The van der Waals surface area contributed by atoms with Crippen molar-refractivity contribution in [2.45, 2.75) is 38.5 Å². The van der Waals surface area contributed by atoms with Gasteiger partial charge in [-0.15, -0.1) is 11.3 Å². The molecule has 0 bridgehead atoms. The van der Waals surface area contributed by atoms with E-state index < -0.39 is 5.92 Å². The fourth-order valence-corrected chi connectivity index (χ4v) is 4.11. The minimum absolute atomic E-state index is 0.0532. The fourth-order valence-electron chi connectivity index (χ4n) is 2.89. The van der Waals surface area contributed by atoms with Gasteiger partial charge in [0.1, 0.15) is 5.92 Å². The Kier molecular flexibility index (Phi) is 3.90. The van der Waals surface area contributed by atoms with E-state index in [4.69, 9.17) is 0 Å². The van der Waals surface area contributed by atoms with E-state index in [1.54, 1.807) is 11.3 Å². The maximum absolute atomic E-state index is 12.7. The third kappa shape index (κ3) is 2.77. The highest BCUT2D eigenvalue weighted by molar-refractivity contribution is 7.14. The summed E-state index contributed by atoms with van der Waals surface area (Å²) in [6, 6.07) is 11.9. The largest absolute Gasteiger partial charge is 0.291 e. The first-order chi connectivity index (χ1) is 10.2. The van der Waals surface area contributed by atoms with Crippen LogP contribution < -0.4 is 0 Å². The van der Waals surface area contributed by atoms with E-state index in [1.807, 2.05) is 37.3 Å². The molecule has 2 aromatic rings. The van der Waals surface area contributed by atoms with Crippen LogP contribution in [-0.2, 0) is 12.8 Å². The van der Waals surface area contributed by atoms with Gasteiger partial charge in [-0.1, -0.05) is 29.8 Å². The van der Waals surface area contributed by atoms with Crippen LogP contribution in [0.2, 0.25) is 0 Å². The zero-order valence-corrected chi connectivity index (χ0v) is 12.9. The summed E-state index contributed by atoms with van der Waals surface area (Å²) in [5.41, 5.74) is 3.19. The first kappa shape index (κ1) is 14.0. The predicted octanol–water partition coefficient (Wildman–Crippen LogP) is 4.43. The molecule has 0 amide bonds. The molecule has 106 valence electrons. The highest BCUT2D eigenvalue weighted by atomic mass is 32.1. The van der Waals surface area contributed by atoms with Gasteiger partial charge in [0.15, 0.2) is 5.78 Å². The van der Waals surface area contributed by atoms with E-state index in [0.29, 0.717) is 0 Å². The summed E-state index contributed by atoms with van der Waals surface area (Å²) in [5.74, 6) is -0.743. The lowest BCUT2D eigenvalue weighted by atomic mass is 9.93. The molecule has 0 radical (unpaired) electrons. The summed E-state index contributed by atoms with van der Waals surface area (Å²) in [4.78, 5) is 14.8. The van der Waals surface area contributed by atoms with Crippen molar-refractivity contribution in [1.82, 2.24) is 0 Å². The van der Waals surface area contributed by atoms with Gasteiger partial charge in [0, 0.05) is 4.88 Å². The first-order valence-electron chi connectivity index (χ1n) is 7.31. The minimum Gasteiger partial charge on any atom is -0.291 e. The van der Waals surface area contributed by atoms with Crippen molar-refractivity contribution in [2.75, 3.05) is 0 Å². The summed E-state index contributed by atoms with van der Waals surface area (Å²) >= 11 is 1.59. The van der Waals surface area contributed by atoms with Crippen molar-refractivity contribution in [3.8, 4) is 6.07 Å². The normalized spacial score (nSPS) is 15.0. The van der Waals surface area contributed by atoms with E-state index in [2.05, 4.69) is 6.07 Å². The van der Waals surface area contributed by atoms with E-state index in [-0.39, 0.29) is 5.78 Å². The molecule has 3 heteroatoms. The topological polar surface area (TPSA) is 40.9 Å². The Morgan fingerprint density at radius 3 is 2.81 bits per heavy atom. The molecule has 1 aromatic carbocycles. The smallest absolute Gasteiger partial charge is 0.194 e. The minimum atomic E-state index is -0.690. The number of ketones is 1. The summed E-state index contributed by atoms with van der Waals surface area (Å²) in [6.07, 6.45) is 4.56. The number of fused-ring (bicyclic) bond motifs is 1. The van der Waals surface area contributed by atoms with Crippen molar-refractivity contribution in [2.24, 2.45) is 0 Å². The summed E-state index contributed by atoms with van der Waals surface area (Å²) in [5, 5.41) is 9.44. The van der Waals surface area contributed by atoms with Gasteiger partial charge in [-0.3, -0.25) is 4.79 Å². The van der Waals surface area contributed by atoms with Gasteiger partial charge in [0.25, 0.3) is 0 Å². The van der Waals surface area contributed by atoms with Crippen LogP contribution in [-0.4, -0.2) is 5.78 Å².